The van der Waals surface area contributed by atoms with Gasteiger partial charge in [-0.15, -0.1) is 0 Å². The molecule has 1 fully saturated rings. The molecule has 1 rings (SSSR count). The van der Waals surface area contributed by atoms with E-state index in [0.717, 1.165) is 19.3 Å². The fraction of sp³-hybridized carbons (Fsp3) is 0.615. The normalized spacial score (nSPS) is 18.5. The summed E-state index contributed by atoms with van der Waals surface area (Å²) in [5.74, 6) is -1.05. The van der Waals surface area contributed by atoms with Crippen molar-refractivity contribution in [3.63, 3.8) is 0 Å². The predicted octanol–water partition coefficient (Wildman–Crippen LogP) is -1.11. The van der Waals surface area contributed by atoms with E-state index in [4.69, 9.17) is 0 Å². The van der Waals surface area contributed by atoms with Crippen LogP contribution in [-0.4, -0.2) is 17.8 Å². The van der Waals surface area contributed by atoms with Crippen LogP contribution in [0.2, 0.25) is 0 Å². The molecule has 100 valence electrons. The second-order valence-electron chi connectivity index (χ2n) is 4.53. The Morgan fingerprint density at radius 2 is 1.68 bits per heavy atom. The van der Waals surface area contributed by atoms with Gasteiger partial charge in [0.15, 0.2) is 0 Å². The van der Waals surface area contributed by atoms with Crippen LogP contribution in [-0.2, 0) is 9.59 Å². The predicted molar refractivity (Wildman–Crippen MR) is 67.7 cm³/mol. The molecular formula is C13H20N2NaO3+. The van der Waals surface area contributed by atoms with E-state index in [1.807, 2.05) is 6.08 Å². The van der Waals surface area contributed by atoms with Gasteiger partial charge in [0, 0.05) is 0 Å². The van der Waals surface area contributed by atoms with E-state index >= 15 is 0 Å². The molecule has 5 nitrogen and oxygen atoms in total. The number of amides is 4. The van der Waals surface area contributed by atoms with E-state index < -0.39 is 23.3 Å². The fourth-order valence-electron chi connectivity index (χ4n) is 2.21. The first kappa shape index (κ1) is 18.4. The molecule has 1 saturated heterocycles. The van der Waals surface area contributed by atoms with Gasteiger partial charge in [-0.25, -0.2) is 4.79 Å². The average Bonchev–Trinajstić information content (AvgIpc) is 2.29. The average molecular weight is 275 g/mol. The minimum absolute atomic E-state index is 0. The molecule has 19 heavy (non-hydrogen) atoms. The first-order valence-electron chi connectivity index (χ1n) is 6.33. The summed E-state index contributed by atoms with van der Waals surface area (Å²) in [5, 5.41) is 4.34. The number of hydrogen-bond donors (Lipinski definition) is 2. The molecule has 1 heterocycles. The maximum Gasteiger partial charge on any atom is 1.00 e. The standard InChI is InChI=1S/C13H20N2O3.Na/c1-4-6-7-8-9(3)13(5-2)10(16)14-12(18)15-11(13)17;/h8H,4-7H2,1-3H3,(H2,14,15,16,17,18);/q;+1/b9-8-;. The molecule has 0 spiro atoms. The first-order chi connectivity index (χ1) is 8.48. The molecule has 0 bridgehead atoms. The van der Waals surface area contributed by atoms with Crippen LogP contribution in [0.5, 0.6) is 0 Å². The van der Waals surface area contributed by atoms with Crippen molar-refractivity contribution in [2.24, 2.45) is 5.41 Å². The quantitative estimate of drug-likeness (QED) is 0.289. The third kappa shape index (κ3) is 3.68. The van der Waals surface area contributed by atoms with Crippen LogP contribution >= 0.6 is 0 Å². The Hall–Kier alpha value is -0.650. The van der Waals surface area contributed by atoms with E-state index in [9.17, 15) is 14.4 Å². The van der Waals surface area contributed by atoms with E-state index in [0.29, 0.717) is 12.0 Å². The van der Waals surface area contributed by atoms with E-state index in [-0.39, 0.29) is 29.6 Å². The smallest absolute Gasteiger partial charge is 0.277 e. The van der Waals surface area contributed by atoms with E-state index in [2.05, 4.69) is 17.6 Å². The number of carbonyl (C=O) groups excluding carboxylic acids is 3. The maximum absolute atomic E-state index is 12.0. The number of unbranched alkanes of at least 4 members (excludes halogenated alkanes) is 2. The van der Waals surface area contributed by atoms with Gasteiger partial charge in [-0.1, -0.05) is 38.3 Å². The largest absolute Gasteiger partial charge is 1.00 e. The van der Waals surface area contributed by atoms with E-state index in [1.165, 1.54) is 0 Å². The van der Waals surface area contributed by atoms with Gasteiger partial charge in [0.25, 0.3) is 0 Å². The van der Waals surface area contributed by atoms with Crippen LogP contribution in [0, 0.1) is 5.41 Å². The molecule has 0 atom stereocenters. The second-order valence-corrected chi connectivity index (χ2v) is 4.53. The minimum Gasteiger partial charge on any atom is -0.277 e. The molecule has 0 unspecified atom stereocenters. The molecule has 2 N–H and O–H groups in total. The molecule has 0 radical (unpaired) electrons. The summed E-state index contributed by atoms with van der Waals surface area (Å²) in [6, 6.07) is -0.740. The topological polar surface area (TPSA) is 75.3 Å². The Labute approximate surface area is 135 Å². The van der Waals surface area contributed by atoms with Gasteiger partial charge in [0.2, 0.25) is 11.8 Å². The molecular weight excluding hydrogens is 255 g/mol. The SMILES string of the molecule is CCCC/C=C(/C)C1(CC)C(=O)NC(=O)NC1=O.[Na+]. The number of allylic oxidation sites excluding steroid dienone is 1. The van der Waals surface area contributed by atoms with E-state index in [1.54, 1.807) is 13.8 Å². The molecule has 0 aromatic carbocycles. The van der Waals surface area contributed by atoms with Crippen LogP contribution < -0.4 is 40.2 Å². The Morgan fingerprint density at radius 3 is 2.11 bits per heavy atom. The summed E-state index contributed by atoms with van der Waals surface area (Å²) < 4.78 is 0. The summed E-state index contributed by atoms with van der Waals surface area (Å²) in [6.45, 7) is 5.62. The minimum atomic E-state index is -1.23. The number of rotatable bonds is 5. The summed E-state index contributed by atoms with van der Waals surface area (Å²) in [4.78, 5) is 35.1. The van der Waals surface area contributed by atoms with Crippen LogP contribution in [0.3, 0.4) is 0 Å². The number of imide groups is 2. The van der Waals surface area contributed by atoms with Crippen molar-refractivity contribution in [2.45, 2.75) is 46.5 Å². The van der Waals surface area contributed by atoms with Crippen molar-refractivity contribution in [1.82, 2.24) is 10.6 Å². The van der Waals surface area contributed by atoms with Crippen molar-refractivity contribution >= 4 is 17.8 Å². The Bertz CT molecular complexity index is 385. The van der Waals surface area contributed by atoms with Gasteiger partial charge in [-0.2, -0.15) is 0 Å². The van der Waals surface area contributed by atoms with Crippen molar-refractivity contribution in [2.75, 3.05) is 0 Å². The number of carbonyl (C=O) groups is 3. The summed E-state index contributed by atoms with van der Waals surface area (Å²) >= 11 is 0. The molecule has 4 amide bonds. The zero-order valence-corrected chi connectivity index (χ0v) is 14.1. The second kappa shape index (κ2) is 7.82. The maximum atomic E-state index is 12.0. The molecule has 1 aliphatic rings. The summed E-state index contributed by atoms with van der Waals surface area (Å²) in [5.41, 5.74) is -0.525. The molecule has 1 aliphatic heterocycles. The van der Waals surface area contributed by atoms with Crippen molar-refractivity contribution in [1.29, 1.82) is 0 Å². The van der Waals surface area contributed by atoms with Crippen LogP contribution in [0.4, 0.5) is 4.79 Å². The van der Waals surface area contributed by atoms with Gasteiger partial charge in [-0.05, 0) is 19.8 Å². The third-order valence-electron chi connectivity index (χ3n) is 3.44. The Morgan fingerprint density at radius 1 is 1.16 bits per heavy atom. The Kier molecular flexibility index (Phi) is 7.55. The van der Waals surface area contributed by atoms with Crippen molar-refractivity contribution in [3.8, 4) is 0 Å². The number of barbiturate groups is 1. The molecule has 0 aromatic rings. The van der Waals surface area contributed by atoms with Gasteiger partial charge >= 0.3 is 35.6 Å². The van der Waals surface area contributed by atoms with Crippen molar-refractivity contribution < 1.29 is 43.9 Å². The molecule has 0 saturated carbocycles. The summed E-state index contributed by atoms with van der Waals surface area (Å²) in [7, 11) is 0. The molecule has 6 heteroatoms. The third-order valence-corrected chi connectivity index (χ3v) is 3.44. The zero-order valence-electron chi connectivity index (χ0n) is 12.1. The zero-order chi connectivity index (χ0) is 13.8. The molecule has 0 aromatic heterocycles. The van der Waals surface area contributed by atoms with Gasteiger partial charge in [-0.3, -0.25) is 20.2 Å². The first-order valence-corrected chi connectivity index (χ1v) is 6.33. The Balaban J connectivity index is 0.00000324. The van der Waals surface area contributed by atoms with Crippen LogP contribution in [0.25, 0.3) is 0 Å². The van der Waals surface area contributed by atoms with Crippen LogP contribution in [0.15, 0.2) is 11.6 Å². The van der Waals surface area contributed by atoms with Crippen LogP contribution in [0.1, 0.15) is 46.5 Å². The van der Waals surface area contributed by atoms with Crippen molar-refractivity contribution in [3.05, 3.63) is 11.6 Å². The fourth-order valence-corrected chi connectivity index (χ4v) is 2.21. The molecule has 0 aliphatic carbocycles. The van der Waals surface area contributed by atoms with Gasteiger partial charge < -0.3 is 0 Å². The summed E-state index contributed by atoms with van der Waals surface area (Å²) in [6.07, 6.45) is 5.16. The number of hydrogen-bond acceptors (Lipinski definition) is 3. The van der Waals surface area contributed by atoms with Gasteiger partial charge in [0.05, 0.1) is 0 Å². The van der Waals surface area contributed by atoms with Gasteiger partial charge in [0.1, 0.15) is 5.41 Å². The monoisotopic (exact) mass is 275 g/mol. The number of nitrogens with one attached hydrogen (secondary N) is 2. The number of urea groups is 1.